The maximum atomic E-state index is 12.8. The van der Waals surface area contributed by atoms with Crippen LogP contribution in [0.3, 0.4) is 0 Å². The lowest BCUT2D eigenvalue weighted by molar-refractivity contribution is 0.0969. The first kappa shape index (κ1) is 19.0. The summed E-state index contributed by atoms with van der Waals surface area (Å²) < 4.78 is 0.662. The quantitative estimate of drug-likeness (QED) is 0.525. The molecule has 0 aliphatic heterocycles. The molecule has 3 aromatic carbocycles. The number of benzene rings is 3. The Balaban J connectivity index is 1.61. The fraction of sp³-hybridized carbons (Fsp3) is 0.130. The van der Waals surface area contributed by atoms with E-state index in [0.29, 0.717) is 10.0 Å². The zero-order valence-electron chi connectivity index (χ0n) is 15.0. The summed E-state index contributed by atoms with van der Waals surface area (Å²) in [5.74, 6) is -0.403. The van der Waals surface area contributed by atoms with Crippen LogP contribution < -0.4 is 5.32 Å². The number of fused-ring (bicyclic) bond motifs is 2. The summed E-state index contributed by atoms with van der Waals surface area (Å²) in [5.41, 5.74) is 5.22. The van der Waals surface area contributed by atoms with Gasteiger partial charge in [-0.25, -0.2) is 0 Å². The van der Waals surface area contributed by atoms with Gasteiger partial charge in [0.25, 0.3) is 11.1 Å². The Morgan fingerprint density at radius 3 is 1.96 bits per heavy atom. The molecule has 0 unspecified atom stereocenters. The molecule has 5 heteroatoms. The summed E-state index contributed by atoms with van der Waals surface area (Å²) >= 11 is 4.52. The van der Waals surface area contributed by atoms with Crippen LogP contribution in [0.4, 0.5) is 4.79 Å². The first-order valence-electron chi connectivity index (χ1n) is 9.05. The number of aryl methyl sites for hydroxylation is 2. The number of hydrogen-bond donors (Lipinski definition) is 1. The smallest absolute Gasteiger partial charge is 0.283 e. The van der Waals surface area contributed by atoms with Crippen molar-refractivity contribution < 1.29 is 9.59 Å². The molecule has 1 aliphatic rings. The minimum atomic E-state index is -0.403. The first-order valence-corrected chi connectivity index (χ1v) is 10.7. The number of rotatable bonds is 2. The number of hydrogen-bond acceptors (Lipinski definition) is 3. The van der Waals surface area contributed by atoms with Crippen molar-refractivity contribution in [3.05, 3.63) is 105 Å². The van der Waals surface area contributed by atoms with Gasteiger partial charge in [0.2, 0.25) is 0 Å². The third-order valence-corrected chi connectivity index (χ3v) is 6.65. The van der Waals surface area contributed by atoms with Gasteiger partial charge >= 0.3 is 0 Å². The summed E-state index contributed by atoms with van der Waals surface area (Å²) in [6.45, 7) is 0. The Labute approximate surface area is 176 Å². The molecule has 3 aromatic rings. The lowest BCUT2D eigenvalue weighted by Gasteiger charge is -2.19. The standard InChI is InChI=1S/C23H18BrNO2S/c24-20-12-6-5-11-19(20)22(26)25-23(27)28-21-17-9-3-1-7-15(17)13-14-16-8-2-4-10-18(16)21/h1-12,21H,13-14H2,(H,25,26,27). The van der Waals surface area contributed by atoms with Gasteiger partial charge in [-0.05, 0) is 63.2 Å². The zero-order chi connectivity index (χ0) is 19.5. The molecule has 0 saturated heterocycles. The van der Waals surface area contributed by atoms with Gasteiger partial charge in [0.05, 0.1) is 10.8 Å². The minimum Gasteiger partial charge on any atom is -0.283 e. The van der Waals surface area contributed by atoms with Gasteiger partial charge < -0.3 is 0 Å². The lowest BCUT2D eigenvalue weighted by Crippen LogP contribution is -2.28. The van der Waals surface area contributed by atoms with Crippen LogP contribution in [-0.2, 0) is 12.8 Å². The Kier molecular flexibility index (Phi) is 5.64. The van der Waals surface area contributed by atoms with Gasteiger partial charge in [-0.2, -0.15) is 0 Å². The molecule has 4 rings (SSSR count). The van der Waals surface area contributed by atoms with Crippen molar-refractivity contribution in [1.29, 1.82) is 0 Å². The maximum Gasteiger partial charge on any atom is 0.286 e. The highest BCUT2D eigenvalue weighted by atomic mass is 79.9. The third kappa shape index (κ3) is 3.91. The number of carbonyl (C=O) groups is 2. The average molecular weight is 452 g/mol. The fourth-order valence-corrected chi connectivity index (χ4v) is 5.09. The minimum absolute atomic E-state index is 0.137. The van der Waals surface area contributed by atoms with E-state index in [1.807, 2.05) is 30.3 Å². The molecule has 1 aliphatic carbocycles. The van der Waals surface area contributed by atoms with E-state index in [1.165, 1.54) is 11.1 Å². The molecular formula is C23H18BrNO2S. The Hall–Kier alpha value is -2.37. The molecular weight excluding hydrogens is 434 g/mol. The van der Waals surface area contributed by atoms with Gasteiger partial charge in [-0.15, -0.1) is 0 Å². The fourth-order valence-electron chi connectivity index (χ4n) is 3.54. The van der Waals surface area contributed by atoms with E-state index >= 15 is 0 Å². The molecule has 1 N–H and O–H groups in total. The van der Waals surface area contributed by atoms with Crippen molar-refractivity contribution in [2.24, 2.45) is 0 Å². The van der Waals surface area contributed by atoms with Crippen LogP contribution in [0.15, 0.2) is 77.3 Å². The van der Waals surface area contributed by atoms with Gasteiger partial charge in [0.15, 0.2) is 0 Å². The van der Waals surface area contributed by atoms with Crippen LogP contribution in [0.25, 0.3) is 0 Å². The Bertz CT molecular complexity index is 1000. The van der Waals surface area contributed by atoms with E-state index in [9.17, 15) is 9.59 Å². The molecule has 0 spiro atoms. The average Bonchev–Trinajstić information content (AvgIpc) is 2.86. The highest BCUT2D eigenvalue weighted by Gasteiger charge is 2.27. The molecule has 0 atom stereocenters. The Morgan fingerprint density at radius 1 is 0.821 bits per heavy atom. The largest absolute Gasteiger partial charge is 0.286 e. The molecule has 28 heavy (non-hydrogen) atoms. The number of imide groups is 1. The number of nitrogens with one attached hydrogen (secondary N) is 1. The van der Waals surface area contributed by atoms with Gasteiger partial charge in [0.1, 0.15) is 0 Å². The first-order chi connectivity index (χ1) is 13.6. The monoisotopic (exact) mass is 451 g/mol. The van der Waals surface area contributed by atoms with E-state index in [2.05, 4.69) is 45.5 Å². The Morgan fingerprint density at radius 2 is 1.36 bits per heavy atom. The summed E-state index contributed by atoms with van der Waals surface area (Å²) in [6.07, 6.45) is 1.89. The van der Waals surface area contributed by atoms with Gasteiger partial charge in [0, 0.05) is 4.47 Å². The summed E-state index contributed by atoms with van der Waals surface area (Å²) in [6, 6.07) is 23.6. The highest BCUT2D eigenvalue weighted by Crippen LogP contribution is 2.42. The molecule has 0 fully saturated rings. The topological polar surface area (TPSA) is 46.2 Å². The van der Waals surface area contributed by atoms with Crippen LogP contribution in [-0.4, -0.2) is 11.1 Å². The highest BCUT2D eigenvalue weighted by molar-refractivity contribution is 9.10. The van der Waals surface area contributed by atoms with Crippen molar-refractivity contribution in [3.63, 3.8) is 0 Å². The predicted octanol–water partition coefficient (Wildman–Crippen LogP) is 5.92. The van der Waals surface area contributed by atoms with Crippen molar-refractivity contribution in [3.8, 4) is 0 Å². The van der Waals surface area contributed by atoms with Gasteiger partial charge in [-0.1, -0.05) is 72.4 Å². The van der Waals surface area contributed by atoms with E-state index in [4.69, 9.17) is 0 Å². The van der Waals surface area contributed by atoms with Crippen LogP contribution in [0, 0.1) is 0 Å². The lowest BCUT2D eigenvalue weighted by atomic mass is 10.00. The number of amides is 2. The van der Waals surface area contributed by atoms with E-state index in [0.717, 1.165) is 35.7 Å². The zero-order valence-corrected chi connectivity index (χ0v) is 17.4. The van der Waals surface area contributed by atoms with E-state index < -0.39 is 5.91 Å². The van der Waals surface area contributed by atoms with Crippen molar-refractivity contribution in [1.82, 2.24) is 5.32 Å². The molecule has 140 valence electrons. The maximum absolute atomic E-state index is 12.8. The van der Waals surface area contributed by atoms with Crippen LogP contribution in [0.1, 0.15) is 37.9 Å². The number of halogens is 1. The van der Waals surface area contributed by atoms with Crippen molar-refractivity contribution in [2.45, 2.75) is 18.1 Å². The summed E-state index contributed by atoms with van der Waals surface area (Å²) in [5, 5.41) is 2.03. The number of carbonyl (C=O) groups excluding carboxylic acids is 2. The van der Waals surface area contributed by atoms with Crippen molar-refractivity contribution >= 4 is 38.8 Å². The van der Waals surface area contributed by atoms with Crippen LogP contribution >= 0.6 is 27.7 Å². The van der Waals surface area contributed by atoms with Gasteiger partial charge in [-0.3, -0.25) is 14.9 Å². The SMILES string of the molecule is O=C(NC(=O)c1ccccc1Br)SC1c2ccccc2CCc2ccccc21. The molecule has 2 amide bonds. The van der Waals surface area contributed by atoms with E-state index in [1.54, 1.807) is 18.2 Å². The molecule has 0 radical (unpaired) electrons. The molecule has 0 heterocycles. The second kappa shape index (κ2) is 8.33. The van der Waals surface area contributed by atoms with Crippen LogP contribution in [0.5, 0.6) is 0 Å². The third-order valence-electron chi connectivity index (χ3n) is 4.90. The van der Waals surface area contributed by atoms with Crippen LogP contribution in [0.2, 0.25) is 0 Å². The molecule has 0 bridgehead atoms. The molecule has 0 aromatic heterocycles. The second-order valence-electron chi connectivity index (χ2n) is 6.62. The van der Waals surface area contributed by atoms with Crippen molar-refractivity contribution in [2.75, 3.05) is 0 Å². The summed E-state index contributed by atoms with van der Waals surface area (Å²) in [7, 11) is 0. The predicted molar refractivity (Wildman–Crippen MR) is 117 cm³/mol. The molecule has 3 nitrogen and oxygen atoms in total. The van der Waals surface area contributed by atoms with E-state index in [-0.39, 0.29) is 10.5 Å². The normalized spacial score (nSPS) is 13.2. The second-order valence-corrected chi connectivity index (χ2v) is 8.55. The molecule has 0 saturated carbocycles. The number of thioether (sulfide) groups is 1. The summed E-state index contributed by atoms with van der Waals surface area (Å²) in [4.78, 5) is 25.3.